The third-order valence-corrected chi connectivity index (χ3v) is 5.71. The summed E-state index contributed by atoms with van der Waals surface area (Å²) in [4.78, 5) is 19.2. The van der Waals surface area contributed by atoms with E-state index in [1.165, 1.54) is 0 Å². The van der Waals surface area contributed by atoms with Crippen molar-refractivity contribution in [3.63, 3.8) is 0 Å². The zero-order valence-corrected chi connectivity index (χ0v) is 18.7. The predicted octanol–water partition coefficient (Wildman–Crippen LogP) is 4.23. The van der Waals surface area contributed by atoms with E-state index >= 15 is 0 Å². The number of hydrogen-bond donors (Lipinski definition) is 0. The molecule has 2 atom stereocenters. The fourth-order valence-corrected chi connectivity index (χ4v) is 3.97. The van der Waals surface area contributed by atoms with Crippen LogP contribution in [0.25, 0.3) is 11.4 Å². The van der Waals surface area contributed by atoms with E-state index in [1.54, 1.807) is 14.2 Å². The molecule has 3 aromatic rings. The zero-order valence-electron chi connectivity index (χ0n) is 18.7. The van der Waals surface area contributed by atoms with Crippen LogP contribution < -0.4 is 14.2 Å². The molecule has 2 unspecified atom stereocenters. The summed E-state index contributed by atoms with van der Waals surface area (Å²) in [7, 11) is 3.20. The van der Waals surface area contributed by atoms with Crippen molar-refractivity contribution in [2.24, 2.45) is 0 Å². The average Bonchev–Trinajstić information content (AvgIpc) is 3.45. The number of carbonyl (C=O) groups is 1. The van der Waals surface area contributed by atoms with Crippen molar-refractivity contribution in [2.75, 3.05) is 27.4 Å². The fourth-order valence-electron chi connectivity index (χ4n) is 3.97. The maximum Gasteiger partial charge on any atom is 0.232 e. The maximum absolute atomic E-state index is 12.8. The van der Waals surface area contributed by atoms with Gasteiger partial charge >= 0.3 is 0 Å². The van der Waals surface area contributed by atoms with Crippen molar-refractivity contribution in [3.05, 3.63) is 53.9 Å². The second-order valence-electron chi connectivity index (χ2n) is 7.65. The first kappa shape index (κ1) is 21.7. The summed E-state index contributed by atoms with van der Waals surface area (Å²) in [5, 5.41) is 4.13. The van der Waals surface area contributed by atoms with Crippen LogP contribution in [0.5, 0.6) is 17.2 Å². The van der Waals surface area contributed by atoms with E-state index in [0.717, 1.165) is 16.9 Å². The van der Waals surface area contributed by atoms with E-state index < -0.39 is 0 Å². The Morgan fingerprint density at radius 3 is 2.72 bits per heavy atom. The number of nitrogens with zero attached hydrogens (tertiary/aromatic N) is 3. The van der Waals surface area contributed by atoms with Gasteiger partial charge in [-0.3, -0.25) is 4.79 Å². The summed E-state index contributed by atoms with van der Waals surface area (Å²) in [6, 6.07) is 13.1. The van der Waals surface area contributed by atoms with E-state index in [4.69, 9.17) is 18.7 Å². The Balaban J connectivity index is 1.50. The van der Waals surface area contributed by atoms with Gasteiger partial charge in [0.1, 0.15) is 5.75 Å². The fraction of sp³-hybridized carbons (Fsp3) is 0.375. The summed E-state index contributed by atoms with van der Waals surface area (Å²) in [5.41, 5.74) is 1.78. The highest BCUT2D eigenvalue weighted by atomic mass is 16.5. The monoisotopic (exact) mass is 437 g/mol. The summed E-state index contributed by atoms with van der Waals surface area (Å²) < 4.78 is 21.8. The van der Waals surface area contributed by atoms with E-state index in [-0.39, 0.29) is 17.9 Å². The van der Waals surface area contributed by atoms with Crippen molar-refractivity contribution in [1.82, 2.24) is 15.0 Å². The first-order valence-corrected chi connectivity index (χ1v) is 10.6. The van der Waals surface area contributed by atoms with Crippen molar-refractivity contribution in [2.45, 2.75) is 32.2 Å². The molecule has 0 bridgehead atoms. The highest BCUT2D eigenvalue weighted by Crippen LogP contribution is 2.37. The Bertz CT molecular complexity index is 1100. The molecule has 1 saturated heterocycles. The Kier molecular flexibility index (Phi) is 6.30. The molecule has 0 N–H and O–H groups in total. The number of benzene rings is 2. The van der Waals surface area contributed by atoms with Gasteiger partial charge in [0.2, 0.25) is 17.6 Å². The third-order valence-electron chi connectivity index (χ3n) is 5.71. The lowest BCUT2D eigenvalue weighted by Crippen LogP contribution is -2.28. The van der Waals surface area contributed by atoms with Crippen LogP contribution in [0.4, 0.5) is 0 Å². The molecule has 32 heavy (non-hydrogen) atoms. The number of likely N-dealkylation sites (tertiary alicyclic amines) is 1. The molecular formula is C24H27N3O5. The molecular weight excluding hydrogens is 410 g/mol. The van der Waals surface area contributed by atoms with Gasteiger partial charge in [0.05, 0.1) is 32.8 Å². The van der Waals surface area contributed by atoms with Gasteiger partial charge in [-0.05, 0) is 43.7 Å². The van der Waals surface area contributed by atoms with Gasteiger partial charge in [-0.25, -0.2) is 0 Å². The van der Waals surface area contributed by atoms with E-state index in [2.05, 4.69) is 10.1 Å². The van der Waals surface area contributed by atoms with Crippen LogP contribution in [0.15, 0.2) is 47.0 Å². The molecule has 8 heteroatoms. The summed E-state index contributed by atoms with van der Waals surface area (Å²) >= 11 is 0. The van der Waals surface area contributed by atoms with E-state index in [9.17, 15) is 4.79 Å². The van der Waals surface area contributed by atoms with Gasteiger partial charge in [-0.1, -0.05) is 23.4 Å². The summed E-state index contributed by atoms with van der Waals surface area (Å²) in [5.74, 6) is 2.90. The Morgan fingerprint density at radius 2 is 1.97 bits per heavy atom. The number of amides is 1. The minimum Gasteiger partial charge on any atom is -0.494 e. The molecule has 0 saturated carbocycles. The van der Waals surface area contributed by atoms with Crippen LogP contribution >= 0.6 is 0 Å². The number of rotatable bonds is 8. The highest BCUT2D eigenvalue weighted by Gasteiger charge is 2.37. The molecule has 1 aliphatic rings. The molecule has 168 valence electrons. The normalized spacial score (nSPS) is 16.8. The van der Waals surface area contributed by atoms with Gasteiger partial charge in [0.15, 0.2) is 11.5 Å². The van der Waals surface area contributed by atoms with Crippen molar-refractivity contribution in [1.29, 1.82) is 0 Å². The molecule has 0 spiro atoms. The van der Waals surface area contributed by atoms with Gasteiger partial charge < -0.3 is 23.6 Å². The lowest BCUT2D eigenvalue weighted by atomic mass is 10.1. The number of aromatic nitrogens is 2. The first-order valence-electron chi connectivity index (χ1n) is 10.6. The van der Waals surface area contributed by atoms with Gasteiger partial charge in [-0.15, -0.1) is 0 Å². The van der Waals surface area contributed by atoms with Gasteiger partial charge in [0.25, 0.3) is 0 Å². The minimum atomic E-state index is -0.151. The number of carbonyl (C=O) groups excluding carboxylic acids is 1. The largest absolute Gasteiger partial charge is 0.494 e. The third kappa shape index (κ3) is 4.26. The Morgan fingerprint density at radius 1 is 1.16 bits per heavy atom. The topological polar surface area (TPSA) is 86.9 Å². The van der Waals surface area contributed by atoms with Gasteiger partial charge in [0, 0.05) is 18.5 Å². The second-order valence-corrected chi connectivity index (χ2v) is 7.65. The molecule has 2 aromatic carbocycles. The molecule has 8 nitrogen and oxygen atoms in total. The highest BCUT2D eigenvalue weighted by molar-refractivity contribution is 5.80. The van der Waals surface area contributed by atoms with Crippen molar-refractivity contribution >= 4 is 5.91 Å². The molecule has 0 radical (unpaired) electrons. The molecule has 4 rings (SSSR count). The average molecular weight is 437 g/mol. The number of ether oxygens (including phenoxy) is 3. The summed E-state index contributed by atoms with van der Waals surface area (Å²) in [6.07, 6.45) is 0.332. The first-order chi connectivity index (χ1) is 15.5. The lowest BCUT2D eigenvalue weighted by Gasteiger charge is -2.25. The molecule has 1 aliphatic heterocycles. The van der Waals surface area contributed by atoms with E-state index in [1.807, 2.05) is 61.2 Å². The lowest BCUT2D eigenvalue weighted by molar-refractivity contribution is -0.129. The molecule has 1 aromatic heterocycles. The molecule has 1 amide bonds. The predicted molar refractivity (Wildman–Crippen MR) is 118 cm³/mol. The van der Waals surface area contributed by atoms with Crippen LogP contribution in [0.1, 0.15) is 43.7 Å². The molecule has 1 fully saturated rings. The zero-order chi connectivity index (χ0) is 22.7. The van der Waals surface area contributed by atoms with Crippen LogP contribution in [0, 0.1) is 0 Å². The summed E-state index contributed by atoms with van der Waals surface area (Å²) in [6.45, 7) is 5.03. The van der Waals surface area contributed by atoms with Crippen LogP contribution in [-0.4, -0.2) is 48.3 Å². The second kappa shape index (κ2) is 9.30. The van der Waals surface area contributed by atoms with Gasteiger partial charge in [-0.2, -0.15) is 4.98 Å². The van der Waals surface area contributed by atoms with Crippen molar-refractivity contribution in [3.8, 4) is 28.6 Å². The van der Waals surface area contributed by atoms with E-state index in [0.29, 0.717) is 42.8 Å². The van der Waals surface area contributed by atoms with Crippen molar-refractivity contribution < 1.29 is 23.5 Å². The van der Waals surface area contributed by atoms with Crippen LogP contribution in [0.2, 0.25) is 0 Å². The number of methoxy groups -OCH3 is 2. The Hall–Kier alpha value is -3.55. The number of hydrogen-bond acceptors (Lipinski definition) is 7. The molecule has 2 heterocycles. The minimum absolute atomic E-state index is 0.0513. The molecule has 0 aliphatic carbocycles. The maximum atomic E-state index is 12.8. The quantitative estimate of drug-likeness (QED) is 0.521. The standard InChI is InChI=1S/C24H27N3O5/c1-5-31-19-8-6-7-17(11-19)23-25-24(32-26-23)18-13-22(28)27(14-18)15(2)16-9-10-20(29-3)21(12-16)30-4/h6-12,15,18H,5,13-14H2,1-4H3. The van der Waals surface area contributed by atoms with Crippen LogP contribution in [-0.2, 0) is 4.79 Å². The Labute approximate surface area is 187 Å². The van der Waals surface area contributed by atoms with Crippen LogP contribution in [0.3, 0.4) is 0 Å². The smallest absolute Gasteiger partial charge is 0.232 e. The SMILES string of the molecule is CCOc1cccc(-c2noc(C3CC(=O)N(C(C)c4ccc(OC)c(OC)c4)C3)n2)c1.